The molecule has 4 rings (SSSR count). The summed E-state index contributed by atoms with van der Waals surface area (Å²) in [6.45, 7) is 5.89. The van der Waals surface area contributed by atoms with Crippen LogP contribution < -0.4 is 4.90 Å². The predicted molar refractivity (Wildman–Crippen MR) is 107 cm³/mol. The Kier molecular flexibility index (Phi) is 6.32. The minimum atomic E-state index is -0.128. The zero-order valence-electron chi connectivity index (χ0n) is 16.9. The van der Waals surface area contributed by atoms with Gasteiger partial charge in [-0.05, 0) is 25.0 Å². The van der Waals surface area contributed by atoms with Gasteiger partial charge in [-0.2, -0.15) is 0 Å². The number of piperidine rings is 1. The van der Waals surface area contributed by atoms with Crippen molar-refractivity contribution in [1.82, 2.24) is 14.8 Å². The third-order valence-corrected chi connectivity index (χ3v) is 6.34. The molecule has 7 nitrogen and oxygen atoms in total. The first kappa shape index (κ1) is 19.5. The Labute approximate surface area is 167 Å². The number of aromatic nitrogens is 1. The lowest BCUT2D eigenvalue weighted by Gasteiger charge is -2.43. The van der Waals surface area contributed by atoms with Crippen molar-refractivity contribution in [1.29, 1.82) is 0 Å². The van der Waals surface area contributed by atoms with Crippen LogP contribution in [0.3, 0.4) is 0 Å². The molecule has 0 spiro atoms. The van der Waals surface area contributed by atoms with E-state index in [-0.39, 0.29) is 12.2 Å². The fourth-order valence-corrected chi connectivity index (χ4v) is 4.31. The van der Waals surface area contributed by atoms with E-state index in [0.717, 1.165) is 69.5 Å². The summed E-state index contributed by atoms with van der Waals surface area (Å²) < 4.78 is 10.9. The number of hydrogen-bond acceptors (Lipinski definition) is 6. The Morgan fingerprint density at radius 2 is 1.82 bits per heavy atom. The number of methoxy groups -OCH3 is 1. The lowest BCUT2D eigenvalue weighted by molar-refractivity contribution is 0.0230. The quantitative estimate of drug-likeness (QED) is 0.773. The molecule has 0 aromatic carbocycles. The molecule has 0 bridgehead atoms. The Morgan fingerprint density at radius 1 is 1.07 bits per heavy atom. The second-order valence-corrected chi connectivity index (χ2v) is 8.12. The van der Waals surface area contributed by atoms with E-state index < -0.39 is 0 Å². The first-order valence-electron chi connectivity index (χ1n) is 10.6. The van der Waals surface area contributed by atoms with Crippen LogP contribution >= 0.6 is 0 Å². The zero-order chi connectivity index (χ0) is 19.3. The highest BCUT2D eigenvalue weighted by Gasteiger charge is 2.31. The number of ether oxygens (including phenoxy) is 2. The van der Waals surface area contributed by atoms with E-state index in [4.69, 9.17) is 9.47 Å². The Hall–Kier alpha value is -1.86. The van der Waals surface area contributed by atoms with Crippen LogP contribution in [0.25, 0.3) is 0 Å². The maximum atomic E-state index is 12.5. The summed E-state index contributed by atoms with van der Waals surface area (Å²) in [7, 11) is 1.68. The van der Waals surface area contributed by atoms with Gasteiger partial charge in [0.05, 0.1) is 24.2 Å². The van der Waals surface area contributed by atoms with Crippen molar-refractivity contribution in [3.05, 3.63) is 24.0 Å². The maximum absolute atomic E-state index is 12.5. The van der Waals surface area contributed by atoms with Gasteiger partial charge in [-0.15, -0.1) is 0 Å². The largest absolute Gasteiger partial charge is 0.446 e. The van der Waals surface area contributed by atoms with Crippen LogP contribution in [0.15, 0.2) is 18.3 Å². The van der Waals surface area contributed by atoms with Crippen LogP contribution in [0, 0.1) is 0 Å². The van der Waals surface area contributed by atoms with Crippen LogP contribution in [0.1, 0.15) is 37.8 Å². The highest BCUT2D eigenvalue weighted by Crippen LogP contribution is 2.26. The van der Waals surface area contributed by atoms with Crippen LogP contribution in [0.2, 0.25) is 0 Å². The SMILES string of the molecule is COCc1ccc(N2CCC(OC(=O)N3CCN(C4CCC4)CC3)CC2)cn1. The van der Waals surface area contributed by atoms with Crippen molar-refractivity contribution in [3.63, 3.8) is 0 Å². The lowest BCUT2D eigenvalue weighted by atomic mass is 9.91. The fraction of sp³-hybridized carbons (Fsp3) is 0.714. The molecule has 1 aromatic heterocycles. The Balaban J connectivity index is 1.19. The molecule has 0 radical (unpaired) electrons. The van der Waals surface area contributed by atoms with Crippen molar-refractivity contribution >= 4 is 11.8 Å². The summed E-state index contributed by atoms with van der Waals surface area (Å²) in [4.78, 5) is 23.7. The molecule has 3 aliphatic rings. The fourth-order valence-electron chi connectivity index (χ4n) is 4.31. The molecule has 0 atom stereocenters. The molecular weight excluding hydrogens is 356 g/mol. The van der Waals surface area contributed by atoms with Gasteiger partial charge >= 0.3 is 6.09 Å². The maximum Gasteiger partial charge on any atom is 0.410 e. The Morgan fingerprint density at radius 3 is 2.39 bits per heavy atom. The molecule has 3 heterocycles. The minimum Gasteiger partial charge on any atom is -0.446 e. The van der Waals surface area contributed by atoms with Crippen molar-refractivity contribution in [2.24, 2.45) is 0 Å². The molecular formula is C21H32N4O3. The number of carbonyl (C=O) groups excluding carboxylic acids is 1. The topological polar surface area (TPSA) is 58.1 Å². The third-order valence-electron chi connectivity index (χ3n) is 6.34. The molecule has 3 fully saturated rings. The zero-order valence-corrected chi connectivity index (χ0v) is 16.9. The summed E-state index contributed by atoms with van der Waals surface area (Å²) in [5, 5.41) is 0. The van der Waals surface area contributed by atoms with Crippen molar-refractivity contribution in [3.8, 4) is 0 Å². The highest BCUT2D eigenvalue weighted by atomic mass is 16.6. The average molecular weight is 389 g/mol. The second kappa shape index (κ2) is 9.09. The van der Waals surface area contributed by atoms with E-state index in [1.807, 2.05) is 17.2 Å². The van der Waals surface area contributed by atoms with Crippen molar-refractivity contribution in [2.45, 2.75) is 50.9 Å². The molecule has 0 unspecified atom stereocenters. The molecule has 1 aromatic rings. The van der Waals surface area contributed by atoms with Gasteiger partial charge in [-0.1, -0.05) is 6.42 Å². The van der Waals surface area contributed by atoms with E-state index in [9.17, 15) is 4.79 Å². The molecule has 1 aliphatic carbocycles. The number of nitrogens with zero attached hydrogens (tertiary/aromatic N) is 4. The van der Waals surface area contributed by atoms with Gasteiger partial charge < -0.3 is 19.3 Å². The summed E-state index contributed by atoms with van der Waals surface area (Å²) >= 11 is 0. The lowest BCUT2D eigenvalue weighted by Crippen LogP contribution is -2.54. The third kappa shape index (κ3) is 4.58. The van der Waals surface area contributed by atoms with E-state index in [1.165, 1.54) is 19.3 Å². The molecule has 1 saturated carbocycles. The predicted octanol–water partition coefficient (Wildman–Crippen LogP) is 2.50. The molecule has 7 heteroatoms. The summed E-state index contributed by atoms with van der Waals surface area (Å²) in [6.07, 6.45) is 7.55. The van der Waals surface area contributed by atoms with Crippen LogP contribution in [-0.2, 0) is 16.1 Å². The second-order valence-electron chi connectivity index (χ2n) is 8.12. The molecule has 154 valence electrons. The van der Waals surface area contributed by atoms with Gasteiger partial charge in [0, 0.05) is 65.3 Å². The molecule has 1 amide bonds. The number of rotatable bonds is 5. The Bertz CT molecular complexity index is 634. The molecule has 0 N–H and O–H groups in total. The van der Waals surface area contributed by atoms with E-state index in [1.54, 1.807) is 7.11 Å². The molecule has 28 heavy (non-hydrogen) atoms. The van der Waals surface area contributed by atoms with Gasteiger partial charge in [0.25, 0.3) is 0 Å². The van der Waals surface area contributed by atoms with E-state index in [2.05, 4.69) is 20.9 Å². The molecule has 2 saturated heterocycles. The van der Waals surface area contributed by atoms with E-state index >= 15 is 0 Å². The monoisotopic (exact) mass is 388 g/mol. The number of amides is 1. The smallest absolute Gasteiger partial charge is 0.410 e. The number of carbonyl (C=O) groups is 1. The first-order chi connectivity index (χ1) is 13.7. The van der Waals surface area contributed by atoms with Crippen LogP contribution in [0.4, 0.5) is 10.5 Å². The number of piperazine rings is 1. The summed E-state index contributed by atoms with van der Waals surface area (Å²) in [5.74, 6) is 0. The van der Waals surface area contributed by atoms with Gasteiger partial charge in [-0.25, -0.2) is 4.79 Å². The van der Waals surface area contributed by atoms with Gasteiger partial charge in [0.1, 0.15) is 6.10 Å². The highest BCUT2D eigenvalue weighted by molar-refractivity contribution is 5.68. The number of pyridine rings is 1. The summed E-state index contributed by atoms with van der Waals surface area (Å²) in [5.41, 5.74) is 2.06. The van der Waals surface area contributed by atoms with E-state index in [0.29, 0.717) is 6.61 Å². The molecule has 2 aliphatic heterocycles. The normalized spacial score (nSPS) is 22.2. The standard InChI is InChI=1S/C21H32N4O3/c1-27-16-17-5-6-19(15-22-17)23-9-7-20(8-10-23)28-21(26)25-13-11-24(12-14-25)18-3-2-4-18/h5-6,15,18,20H,2-4,7-14,16H2,1H3. The summed E-state index contributed by atoms with van der Waals surface area (Å²) in [6, 6.07) is 4.87. The van der Waals surface area contributed by atoms with Crippen molar-refractivity contribution in [2.75, 3.05) is 51.3 Å². The average Bonchev–Trinajstić information content (AvgIpc) is 2.69. The first-order valence-corrected chi connectivity index (χ1v) is 10.6. The van der Waals surface area contributed by atoms with Gasteiger partial charge in [-0.3, -0.25) is 9.88 Å². The van der Waals surface area contributed by atoms with Crippen LogP contribution in [0.5, 0.6) is 0 Å². The van der Waals surface area contributed by atoms with Gasteiger partial charge in [0.15, 0.2) is 0 Å². The minimum absolute atomic E-state index is 0.0223. The van der Waals surface area contributed by atoms with Crippen LogP contribution in [-0.4, -0.2) is 79.4 Å². The van der Waals surface area contributed by atoms with Gasteiger partial charge in [0.2, 0.25) is 0 Å². The van der Waals surface area contributed by atoms with Crippen molar-refractivity contribution < 1.29 is 14.3 Å². The number of anilines is 1. The number of hydrogen-bond donors (Lipinski definition) is 0.